The molecule has 0 unspecified atom stereocenters. The molecule has 2 rings (SSSR count). The molecule has 1 amide bonds. The number of aromatic nitrogens is 3. The van der Waals surface area contributed by atoms with Gasteiger partial charge in [0.25, 0.3) is 5.91 Å². The lowest BCUT2D eigenvalue weighted by atomic mass is 10.1. The summed E-state index contributed by atoms with van der Waals surface area (Å²) in [6.07, 6.45) is 3.88. The summed E-state index contributed by atoms with van der Waals surface area (Å²) in [6.45, 7) is 4.21. The minimum Gasteiger partial charge on any atom is -0.351 e. The Balaban J connectivity index is 2.41. The molecular formula is C16H16ClN5O. The van der Waals surface area contributed by atoms with Gasteiger partial charge in [-0.15, -0.1) is 0 Å². The number of nitrogens with zero attached hydrogens (tertiary/aromatic N) is 4. The van der Waals surface area contributed by atoms with E-state index in [1.807, 2.05) is 19.1 Å². The average molecular weight is 330 g/mol. The maximum absolute atomic E-state index is 12.0. The molecule has 2 aromatic heterocycles. The molecule has 1 N–H and O–H groups in total. The Morgan fingerprint density at radius 1 is 1.52 bits per heavy atom. The van der Waals surface area contributed by atoms with Crippen molar-refractivity contribution in [2.24, 2.45) is 0 Å². The fourth-order valence-corrected chi connectivity index (χ4v) is 2.25. The van der Waals surface area contributed by atoms with Crippen LogP contribution in [0.5, 0.6) is 0 Å². The van der Waals surface area contributed by atoms with Crippen molar-refractivity contribution in [3.05, 3.63) is 46.4 Å². The topological polar surface area (TPSA) is 83.6 Å². The van der Waals surface area contributed by atoms with Gasteiger partial charge in [0.05, 0.1) is 5.69 Å². The Labute approximate surface area is 139 Å². The van der Waals surface area contributed by atoms with Gasteiger partial charge in [0.2, 0.25) is 0 Å². The van der Waals surface area contributed by atoms with Gasteiger partial charge < -0.3 is 5.32 Å². The molecular weight excluding hydrogens is 314 g/mol. The SMILES string of the molecule is CCCNC(=O)/C(C#N)=C/c1c(C)nn(-c2ccccn2)c1Cl. The van der Waals surface area contributed by atoms with E-state index in [-0.39, 0.29) is 5.57 Å². The second-order valence-corrected chi connectivity index (χ2v) is 5.17. The molecule has 0 aromatic carbocycles. The van der Waals surface area contributed by atoms with Crippen LogP contribution in [0.4, 0.5) is 0 Å². The molecule has 0 saturated carbocycles. The van der Waals surface area contributed by atoms with Gasteiger partial charge in [0.1, 0.15) is 16.8 Å². The van der Waals surface area contributed by atoms with Gasteiger partial charge in [-0.1, -0.05) is 24.6 Å². The second-order valence-electron chi connectivity index (χ2n) is 4.82. The van der Waals surface area contributed by atoms with E-state index in [1.54, 1.807) is 25.3 Å². The van der Waals surface area contributed by atoms with Crippen molar-refractivity contribution in [3.63, 3.8) is 0 Å². The summed E-state index contributed by atoms with van der Waals surface area (Å²) in [5.41, 5.74) is 1.13. The van der Waals surface area contributed by atoms with Crippen LogP contribution in [-0.2, 0) is 4.79 Å². The Morgan fingerprint density at radius 2 is 2.30 bits per heavy atom. The monoisotopic (exact) mass is 329 g/mol. The van der Waals surface area contributed by atoms with Gasteiger partial charge in [-0.05, 0) is 31.6 Å². The average Bonchev–Trinajstić information content (AvgIpc) is 2.85. The maximum atomic E-state index is 12.0. The van der Waals surface area contributed by atoms with E-state index in [1.165, 1.54) is 10.8 Å². The summed E-state index contributed by atoms with van der Waals surface area (Å²) >= 11 is 6.35. The minimum atomic E-state index is -0.421. The zero-order valence-electron chi connectivity index (χ0n) is 12.9. The van der Waals surface area contributed by atoms with Gasteiger partial charge in [0, 0.05) is 18.3 Å². The van der Waals surface area contributed by atoms with Gasteiger partial charge in [-0.3, -0.25) is 4.79 Å². The van der Waals surface area contributed by atoms with Crippen LogP contribution in [0, 0.1) is 18.3 Å². The summed E-state index contributed by atoms with van der Waals surface area (Å²) in [4.78, 5) is 16.1. The lowest BCUT2D eigenvalue weighted by molar-refractivity contribution is -0.117. The summed E-state index contributed by atoms with van der Waals surface area (Å²) in [5, 5.41) is 16.5. The molecule has 6 nitrogen and oxygen atoms in total. The molecule has 118 valence electrons. The van der Waals surface area contributed by atoms with Gasteiger partial charge in [-0.2, -0.15) is 10.4 Å². The third-order valence-electron chi connectivity index (χ3n) is 3.10. The van der Waals surface area contributed by atoms with Crippen LogP contribution in [-0.4, -0.2) is 27.2 Å². The molecule has 7 heteroatoms. The van der Waals surface area contributed by atoms with Crippen LogP contribution in [0.15, 0.2) is 30.0 Å². The van der Waals surface area contributed by atoms with Crippen LogP contribution >= 0.6 is 11.6 Å². The first-order valence-electron chi connectivity index (χ1n) is 7.15. The van der Waals surface area contributed by atoms with Crippen LogP contribution < -0.4 is 5.32 Å². The Morgan fingerprint density at radius 3 is 2.91 bits per heavy atom. The van der Waals surface area contributed by atoms with Crippen LogP contribution in [0.3, 0.4) is 0 Å². The number of pyridine rings is 1. The van der Waals surface area contributed by atoms with Gasteiger partial charge >= 0.3 is 0 Å². The van der Waals surface area contributed by atoms with Gasteiger partial charge in [0.15, 0.2) is 5.82 Å². The van der Waals surface area contributed by atoms with E-state index in [9.17, 15) is 10.1 Å². The highest BCUT2D eigenvalue weighted by atomic mass is 35.5. The number of carbonyl (C=O) groups excluding carboxylic acids is 1. The predicted octanol–water partition coefficient (Wildman–Crippen LogP) is 2.66. The number of halogens is 1. The lowest BCUT2D eigenvalue weighted by Gasteiger charge is -2.02. The van der Waals surface area contributed by atoms with E-state index < -0.39 is 5.91 Å². The molecule has 0 fully saturated rings. The van der Waals surface area contributed by atoms with E-state index >= 15 is 0 Å². The summed E-state index contributed by atoms with van der Waals surface area (Å²) in [7, 11) is 0. The van der Waals surface area contributed by atoms with E-state index in [4.69, 9.17) is 11.6 Å². The zero-order valence-corrected chi connectivity index (χ0v) is 13.6. The first-order valence-corrected chi connectivity index (χ1v) is 7.52. The second kappa shape index (κ2) is 7.56. The highest BCUT2D eigenvalue weighted by Crippen LogP contribution is 2.24. The van der Waals surface area contributed by atoms with E-state index in [0.29, 0.717) is 28.8 Å². The predicted molar refractivity (Wildman–Crippen MR) is 88.0 cm³/mol. The quantitative estimate of drug-likeness (QED) is 0.675. The molecule has 0 atom stereocenters. The van der Waals surface area contributed by atoms with Crippen molar-refractivity contribution in [2.45, 2.75) is 20.3 Å². The number of hydrogen-bond acceptors (Lipinski definition) is 4. The van der Waals surface area contributed by atoms with E-state index in [0.717, 1.165) is 6.42 Å². The molecule has 0 radical (unpaired) electrons. The number of carbonyl (C=O) groups is 1. The first-order chi connectivity index (χ1) is 11.1. The highest BCUT2D eigenvalue weighted by molar-refractivity contribution is 6.31. The number of aryl methyl sites for hydroxylation is 1. The van der Waals surface area contributed by atoms with Crippen LogP contribution in [0.1, 0.15) is 24.6 Å². The highest BCUT2D eigenvalue weighted by Gasteiger charge is 2.16. The van der Waals surface area contributed by atoms with Crippen LogP contribution in [0.25, 0.3) is 11.9 Å². The molecule has 0 bridgehead atoms. The summed E-state index contributed by atoms with van der Waals surface area (Å²) in [6, 6.07) is 7.28. The molecule has 0 saturated heterocycles. The van der Waals surface area contributed by atoms with Crippen molar-refractivity contribution in [1.29, 1.82) is 5.26 Å². The smallest absolute Gasteiger partial charge is 0.261 e. The summed E-state index contributed by atoms with van der Waals surface area (Å²) < 4.78 is 1.47. The van der Waals surface area contributed by atoms with E-state index in [2.05, 4.69) is 15.4 Å². The first kappa shape index (κ1) is 16.7. The minimum absolute atomic E-state index is 0.0102. The molecule has 2 heterocycles. The van der Waals surface area contributed by atoms with Crippen molar-refractivity contribution in [2.75, 3.05) is 6.54 Å². The third kappa shape index (κ3) is 3.76. The van der Waals surface area contributed by atoms with Crippen LogP contribution in [0.2, 0.25) is 5.15 Å². The van der Waals surface area contributed by atoms with Crippen molar-refractivity contribution in [3.8, 4) is 11.9 Å². The molecule has 0 aliphatic carbocycles. The Bertz CT molecular complexity index is 774. The molecule has 2 aromatic rings. The maximum Gasteiger partial charge on any atom is 0.261 e. The molecule has 0 aliphatic rings. The number of nitriles is 1. The number of hydrogen-bond donors (Lipinski definition) is 1. The Kier molecular flexibility index (Phi) is 5.50. The number of amides is 1. The molecule has 0 spiro atoms. The molecule has 23 heavy (non-hydrogen) atoms. The normalized spacial score (nSPS) is 11.1. The fourth-order valence-electron chi connectivity index (χ4n) is 1.93. The zero-order chi connectivity index (χ0) is 16.8. The standard InChI is InChI=1S/C16H16ClN5O/c1-3-7-20-16(23)12(10-18)9-13-11(2)21-22(15(13)17)14-6-4-5-8-19-14/h4-6,8-9H,3,7H2,1-2H3,(H,20,23)/b12-9+. The molecule has 0 aliphatic heterocycles. The number of nitrogens with one attached hydrogen (secondary N) is 1. The largest absolute Gasteiger partial charge is 0.351 e. The summed E-state index contributed by atoms with van der Waals surface area (Å²) in [5.74, 6) is 0.143. The third-order valence-corrected chi connectivity index (χ3v) is 3.47. The number of rotatable bonds is 5. The fraction of sp³-hybridized carbons (Fsp3) is 0.250. The van der Waals surface area contributed by atoms with Gasteiger partial charge in [-0.25, -0.2) is 9.67 Å². The lowest BCUT2D eigenvalue weighted by Crippen LogP contribution is -2.25. The van der Waals surface area contributed by atoms with Crippen molar-refractivity contribution in [1.82, 2.24) is 20.1 Å². The Hall–Kier alpha value is -2.65. The van der Waals surface area contributed by atoms with Crippen molar-refractivity contribution >= 4 is 23.6 Å². The van der Waals surface area contributed by atoms with Crippen molar-refractivity contribution < 1.29 is 4.79 Å².